The average molecular weight is 525 g/mol. The van der Waals surface area contributed by atoms with E-state index >= 15 is 0 Å². The fourth-order valence-electron chi connectivity index (χ4n) is 4.07. The molecule has 0 amide bonds. The minimum atomic E-state index is -1.08. The molecule has 0 aliphatic heterocycles. The number of benzene rings is 2. The van der Waals surface area contributed by atoms with Crippen molar-refractivity contribution in [3.8, 4) is 0 Å². The Morgan fingerprint density at radius 2 is 1.76 bits per heavy atom. The van der Waals surface area contributed by atoms with Crippen LogP contribution in [0.2, 0.25) is 0 Å². The Hall–Kier alpha value is -3.54. The standard InChI is InChI=1S/C27H25FN2O6S/c1-17-24(12-18-6-9-22(10-7-18)37(2)34)23-11-8-19(28)13-26(23)25(17)14-27(31)35-15-20-4-3-5-21(29-20)16-36-30(32)33/h3-13,32-33H,14-16H2,1-2H3/b24-12-. The molecule has 0 radical (unpaired) electrons. The van der Waals surface area contributed by atoms with Crippen molar-refractivity contribution >= 4 is 34.0 Å². The Balaban J connectivity index is 1.52. The Morgan fingerprint density at radius 3 is 2.43 bits per heavy atom. The molecule has 3 aromatic rings. The molecule has 1 heterocycles. The van der Waals surface area contributed by atoms with Gasteiger partial charge in [-0.25, -0.2) is 9.23 Å². The number of carbonyl (C=O) groups excluding carboxylic acids is 1. The second-order valence-corrected chi connectivity index (χ2v) is 9.74. The Bertz CT molecular complexity index is 1400. The second-order valence-electron chi connectivity index (χ2n) is 8.36. The highest BCUT2D eigenvalue weighted by atomic mass is 32.2. The summed E-state index contributed by atoms with van der Waals surface area (Å²) in [6.07, 6.45) is 3.53. The van der Waals surface area contributed by atoms with Gasteiger partial charge in [0.25, 0.3) is 0 Å². The van der Waals surface area contributed by atoms with Gasteiger partial charge in [-0.3, -0.25) is 24.4 Å². The zero-order chi connectivity index (χ0) is 26.5. The predicted octanol–water partition coefficient (Wildman–Crippen LogP) is 4.93. The van der Waals surface area contributed by atoms with Crippen LogP contribution in [0.4, 0.5) is 4.39 Å². The number of nitrogens with zero attached hydrogens (tertiary/aromatic N) is 2. The number of carbonyl (C=O) groups is 1. The maximum atomic E-state index is 14.2. The van der Waals surface area contributed by atoms with E-state index in [1.807, 2.05) is 25.1 Å². The van der Waals surface area contributed by atoms with Crippen LogP contribution in [0.3, 0.4) is 0 Å². The van der Waals surface area contributed by atoms with E-state index in [0.717, 1.165) is 27.2 Å². The third kappa shape index (κ3) is 6.62. The first-order valence-electron chi connectivity index (χ1n) is 11.3. The first-order chi connectivity index (χ1) is 17.7. The lowest BCUT2D eigenvalue weighted by atomic mass is 10.0. The van der Waals surface area contributed by atoms with Gasteiger partial charge in [0.2, 0.25) is 0 Å². The van der Waals surface area contributed by atoms with Crippen molar-refractivity contribution < 1.29 is 33.4 Å². The van der Waals surface area contributed by atoms with Gasteiger partial charge in [0.1, 0.15) is 19.0 Å². The van der Waals surface area contributed by atoms with Crippen LogP contribution in [0.25, 0.3) is 17.2 Å². The number of esters is 1. The molecule has 0 saturated heterocycles. The Labute approximate surface area is 215 Å². The van der Waals surface area contributed by atoms with E-state index in [1.54, 1.807) is 42.7 Å². The number of hydrogen-bond donors (Lipinski definition) is 2. The quantitative estimate of drug-likeness (QED) is 0.300. The molecule has 2 N–H and O–H groups in total. The van der Waals surface area contributed by atoms with E-state index in [2.05, 4.69) is 9.82 Å². The maximum absolute atomic E-state index is 14.2. The zero-order valence-electron chi connectivity index (χ0n) is 20.2. The summed E-state index contributed by atoms with van der Waals surface area (Å²) in [7, 11) is -1.08. The molecule has 0 saturated carbocycles. The molecular weight excluding hydrogens is 499 g/mol. The van der Waals surface area contributed by atoms with Crippen LogP contribution in [0.1, 0.15) is 41.4 Å². The molecule has 2 aromatic carbocycles. The van der Waals surface area contributed by atoms with E-state index < -0.39 is 28.0 Å². The second kappa shape index (κ2) is 11.7. The van der Waals surface area contributed by atoms with Crippen LogP contribution in [-0.2, 0) is 38.4 Å². The van der Waals surface area contributed by atoms with E-state index in [1.165, 1.54) is 12.1 Å². The van der Waals surface area contributed by atoms with Crippen LogP contribution in [0.15, 0.2) is 71.1 Å². The normalized spacial score (nSPS) is 14.8. The van der Waals surface area contributed by atoms with Gasteiger partial charge in [0.05, 0.1) is 23.2 Å². The van der Waals surface area contributed by atoms with Gasteiger partial charge >= 0.3 is 5.97 Å². The highest BCUT2D eigenvalue weighted by molar-refractivity contribution is 7.84. The number of allylic oxidation sites excluding steroid dienone is 2. The summed E-state index contributed by atoms with van der Waals surface area (Å²) in [5.74, 6) is -0.901. The lowest BCUT2D eigenvalue weighted by molar-refractivity contribution is -0.497. The molecule has 8 nitrogen and oxygen atoms in total. The summed E-state index contributed by atoms with van der Waals surface area (Å²) < 4.78 is 31.3. The highest BCUT2D eigenvalue weighted by Crippen LogP contribution is 2.44. The maximum Gasteiger partial charge on any atom is 0.310 e. The van der Waals surface area contributed by atoms with Crippen LogP contribution >= 0.6 is 0 Å². The molecule has 1 aliphatic carbocycles. The monoisotopic (exact) mass is 524 g/mol. The number of ether oxygens (including phenoxy) is 1. The SMILES string of the molecule is CC1=C(CC(=O)OCc2cccc(CON(O)O)n2)c2cc(F)ccc2/C1=C\c1ccc(S(C)=O)cc1. The van der Waals surface area contributed by atoms with Gasteiger partial charge in [-0.05, 0) is 82.8 Å². The number of halogens is 1. The molecule has 4 rings (SSSR count). The van der Waals surface area contributed by atoms with E-state index in [0.29, 0.717) is 22.5 Å². The summed E-state index contributed by atoms with van der Waals surface area (Å²) in [6, 6.07) is 16.8. The molecule has 1 aromatic heterocycles. The predicted molar refractivity (Wildman–Crippen MR) is 134 cm³/mol. The minimum Gasteiger partial charge on any atom is -0.459 e. The fourth-order valence-corrected chi connectivity index (χ4v) is 4.59. The van der Waals surface area contributed by atoms with Crippen LogP contribution < -0.4 is 0 Å². The van der Waals surface area contributed by atoms with E-state index in [9.17, 15) is 13.4 Å². The van der Waals surface area contributed by atoms with Crippen molar-refractivity contribution in [2.45, 2.75) is 31.5 Å². The first kappa shape index (κ1) is 26.5. The first-order valence-corrected chi connectivity index (χ1v) is 12.8. The number of aromatic nitrogens is 1. The van der Waals surface area contributed by atoms with E-state index in [4.69, 9.17) is 15.2 Å². The van der Waals surface area contributed by atoms with Gasteiger partial charge in [-0.2, -0.15) is 0 Å². The Morgan fingerprint density at radius 1 is 1.05 bits per heavy atom. The van der Waals surface area contributed by atoms with Gasteiger partial charge in [-0.15, -0.1) is 0 Å². The van der Waals surface area contributed by atoms with Gasteiger partial charge < -0.3 is 4.74 Å². The third-order valence-electron chi connectivity index (χ3n) is 5.87. The van der Waals surface area contributed by atoms with Gasteiger partial charge in [0.15, 0.2) is 0 Å². The van der Waals surface area contributed by atoms with Crippen LogP contribution in [0, 0.1) is 5.82 Å². The summed E-state index contributed by atoms with van der Waals surface area (Å²) in [5.41, 5.74) is 5.62. The number of hydrogen-bond acceptors (Lipinski definition) is 8. The van der Waals surface area contributed by atoms with Crippen LogP contribution in [0.5, 0.6) is 0 Å². The molecule has 0 bridgehead atoms. The van der Waals surface area contributed by atoms with Crippen LogP contribution in [-0.4, -0.2) is 37.2 Å². The third-order valence-corrected chi connectivity index (χ3v) is 6.81. The zero-order valence-corrected chi connectivity index (χ0v) is 21.0. The lowest BCUT2D eigenvalue weighted by Gasteiger charge is -2.09. The number of rotatable bonds is 9. The molecule has 1 atom stereocenters. The summed E-state index contributed by atoms with van der Waals surface area (Å²) in [4.78, 5) is 22.3. The van der Waals surface area contributed by atoms with Gasteiger partial charge in [-0.1, -0.05) is 24.3 Å². The number of fused-ring (bicyclic) bond motifs is 1. The molecule has 37 heavy (non-hydrogen) atoms. The molecule has 0 fully saturated rings. The van der Waals surface area contributed by atoms with Crippen molar-refractivity contribution in [3.63, 3.8) is 0 Å². The van der Waals surface area contributed by atoms with Crippen molar-refractivity contribution in [1.82, 2.24) is 10.4 Å². The number of pyridine rings is 1. The molecule has 1 aliphatic rings. The van der Waals surface area contributed by atoms with Crippen molar-refractivity contribution in [3.05, 3.63) is 100 Å². The summed E-state index contributed by atoms with van der Waals surface area (Å²) in [5, 5.41) is 16.9. The summed E-state index contributed by atoms with van der Waals surface area (Å²) in [6.45, 7) is 1.61. The Kier molecular flexibility index (Phi) is 8.37. The minimum absolute atomic E-state index is 0.0554. The molecule has 1 unspecified atom stereocenters. The molecule has 0 spiro atoms. The van der Waals surface area contributed by atoms with Crippen molar-refractivity contribution in [2.24, 2.45) is 0 Å². The fraction of sp³-hybridized carbons (Fsp3) is 0.185. The summed E-state index contributed by atoms with van der Waals surface area (Å²) >= 11 is 0. The average Bonchev–Trinajstić information content (AvgIpc) is 3.12. The van der Waals surface area contributed by atoms with E-state index in [-0.39, 0.29) is 19.6 Å². The largest absolute Gasteiger partial charge is 0.459 e. The molecular formula is C27H25FN2O6S. The molecule has 192 valence electrons. The topological polar surface area (TPSA) is 109 Å². The van der Waals surface area contributed by atoms with Crippen molar-refractivity contribution in [2.75, 3.05) is 6.26 Å². The smallest absolute Gasteiger partial charge is 0.310 e. The lowest BCUT2D eigenvalue weighted by Crippen LogP contribution is -2.14. The van der Waals surface area contributed by atoms with Crippen molar-refractivity contribution in [1.29, 1.82) is 0 Å². The van der Waals surface area contributed by atoms with Gasteiger partial charge in [0, 0.05) is 22.0 Å². The molecule has 10 heteroatoms. The highest BCUT2D eigenvalue weighted by Gasteiger charge is 2.26.